The summed E-state index contributed by atoms with van der Waals surface area (Å²) in [7, 11) is 0. The van der Waals surface area contributed by atoms with Crippen LogP contribution in [0.5, 0.6) is 0 Å². The Morgan fingerprint density at radius 2 is 0.884 bits per heavy atom. The molecule has 0 saturated carbocycles. The van der Waals surface area contributed by atoms with E-state index in [2.05, 4.69) is 57.2 Å². The summed E-state index contributed by atoms with van der Waals surface area (Å²) < 4.78 is 28.3. The molecule has 1 fully saturated rings. The van der Waals surface area contributed by atoms with Crippen molar-refractivity contribution < 1.29 is 58.2 Å². The third kappa shape index (κ3) is 36.5. The molecule has 6 unspecified atom stereocenters. The predicted molar refractivity (Wildman–Crippen MR) is 276 cm³/mol. The van der Waals surface area contributed by atoms with Crippen molar-refractivity contribution in [3.63, 3.8) is 0 Å². The van der Waals surface area contributed by atoms with E-state index in [-0.39, 0.29) is 25.9 Å². The minimum atomic E-state index is -1.90. The number of carbonyl (C=O) groups excluding carboxylic acids is 3. The summed E-state index contributed by atoms with van der Waals surface area (Å²) in [6.45, 7) is 5.88. The molecule has 0 amide bonds. The van der Waals surface area contributed by atoms with Crippen molar-refractivity contribution in [1.82, 2.24) is 0 Å². The van der Waals surface area contributed by atoms with E-state index in [1.54, 1.807) is 0 Å². The number of unbranched alkanes of at least 4 members (excludes halogenated alkanes) is 27. The molecule has 0 aromatic heterocycles. The molecule has 0 aromatic carbocycles. The lowest BCUT2D eigenvalue weighted by molar-refractivity contribution is -0.301. The summed E-state index contributed by atoms with van der Waals surface area (Å²) in [5, 5.41) is 31.3. The van der Waals surface area contributed by atoms with Crippen LogP contribution in [0.1, 0.15) is 252 Å². The zero-order valence-electron chi connectivity index (χ0n) is 43.8. The highest BCUT2D eigenvalue weighted by molar-refractivity contribution is 5.74. The number of esters is 3. The molecule has 1 aliphatic heterocycles. The average Bonchev–Trinajstić information content (AvgIpc) is 3.33. The smallest absolute Gasteiger partial charge is 0.335 e. The summed E-state index contributed by atoms with van der Waals surface area (Å²) in [6, 6.07) is 0. The molecule has 0 spiro atoms. The third-order valence-corrected chi connectivity index (χ3v) is 12.7. The van der Waals surface area contributed by atoms with E-state index >= 15 is 0 Å². The van der Waals surface area contributed by atoms with E-state index in [4.69, 9.17) is 23.7 Å². The molecule has 69 heavy (non-hydrogen) atoms. The molecule has 3 N–H and O–H groups in total. The van der Waals surface area contributed by atoms with Crippen LogP contribution < -0.4 is 0 Å². The highest BCUT2D eigenvalue weighted by atomic mass is 16.7. The minimum absolute atomic E-state index is 0.0623. The van der Waals surface area contributed by atoms with Gasteiger partial charge in [0, 0.05) is 19.3 Å². The van der Waals surface area contributed by atoms with E-state index in [1.165, 1.54) is 96.3 Å². The quantitative estimate of drug-likeness (QED) is 0.0228. The first kappa shape index (κ1) is 64.0. The van der Waals surface area contributed by atoms with Crippen molar-refractivity contribution in [2.75, 3.05) is 13.2 Å². The van der Waals surface area contributed by atoms with Gasteiger partial charge in [-0.1, -0.05) is 198 Å². The zero-order chi connectivity index (χ0) is 50.4. The molecule has 1 aliphatic rings. The lowest BCUT2D eigenvalue weighted by Gasteiger charge is -2.40. The zero-order valence-corrected chi connectivity index (χ0v) is 43.8. The van der Waals surface area contributed by atoms with Gasteiger partial charge in [0.25, 0.3) is 0 Å². The standard InChI is InChI=1S/C57H100O12/c1-4-7-10-13-16-19-21-22-23-24-25-26-27-28-30-32-34-37-40-43-49(58)65-46-48(67-50(59)44-41-38-36-33-29-20-17-14-11-8-5-2)47-66-57-55(53(62)52(61)54(69-57)56(63)64)68-51(60)45-42-39-35-31-18-15-12-9-6-3/h14,16-17,19,22-23,48,52-55,57,61-62H,4-13,15,18,20-21,24-47H2,1-3H3,(H,63,64)/b17-14-,19-16-,23-22-. The Kier molecular flexibility index (Phi) is 42.7. The molecule has 6 atom stereocenters. The van der Waals surface area contributed by atoms with E-state index in [0.29, 0.717) is 19.3 Å². The van der Waals surface area contributed by atoms with Gasteiger partial charge in [0.05, 0.1) is 6.61 Å². The number of carboxylic acids is 1. The van der Waals surface area contributed by atoms with Crippen molar-refractivity contribution in [3.8, 4) is 0 Å². The van der Waals surface area contributed by atoms with Crippen LogP contribution in [0.3, 0.4) is 0 Å². The Morgan fingerprint density at radius 1 is 0.478 bits per heavy atom. The first-order chi connectivity index (χ1) is 33.6. The van der Waals surface area contributed by atoms with Gasteiger partial charge in [-0.25, -0.2) is 4.79 Å². The Labute approximate surface area is 419 Å². The lowest BCUT2D eigenvalue weighted by Crippen LogP contribution is -2.61. The number of rotatable bonds is 47. The third-order valence-electron chi connectivity index (χ3n) is 12.7. The maximum Gasteiger partial charge on any atom is 0.335 e. The van der Waals surface area contributed by atoms with Crippen LogP contribution in [-0.4, -0.2) is 89.2 Å². The summed E-state index contributed by atoms with van der Waals surface area (Å²) >= 11 is 0. The van der Waals surface area contributed by atoms with Crippen LogP contribution in [0.4, 0.5) is 0 Å². The lowest BCUT2D eigenvalue weighted by atomic mass is 9.98. The summed E-state index contributed by atoms with van der Waals surface area (Å²) in [6.07, 6.45) is 40.0. The molecule has 1 heterocycles. The number of ether oxygens (including phenoxy) is 5. The van der Waals surface area contributed by atoms with Gasteiger partial charge in [-0.3, -0.25) is 14.4 Å². The van der Waals surface area contributed by atoms with E-state index in [1.807, 2.05) is 0 Å². The van der Waals surface area contributed by atoms with E-state index in [0.717, 1.165) is 96.3 Å². The molecule has 0 radical (unpaired) electrons. The SMILES string of the molecule is CCCC/C=C\CCCCCCCC(=O)OC(COC(=O)CCCCCCCCCCC/C=C\C/C=C\CCCCC)COC1OC(C(=O)O)C(O)C(O)C1OC(=O)CCCCCCCCCCC. The van der Waals surface area contributed by atoms with Crippen molar-refractivity contribution in [2.45, 2.75) is 289 Å². The average molecular weight is 977 g/mol. The molecule has 0 aromatic rings. The maximum absolute atomic E-state index is 13.1. The maximum atomic E-state index is 13.1. The van der Waals surface area contributed by atoms with Gasteiger partial charge in [-0.05, 0) is 70.6 Å². The van der Waals surface area contributed by atoms with Crippen molar-refractivity contribution in [3.05, 3.63) is 36.5 Å². The molecule has 1 saturated heterocycles. The summed E-state index contributed by atoms with van der Waals surface area (Å²) in [5.74, 6) is -3.12. The fourth-order valence-corrected chi connectivity index (χ4v) is 8.32. The molecule has 1 rings (SSSR count). The predicted octanol–water partition coefficient (Wildman–Crippen LogP) is 13.7. The Morgan fingerprint density at radius 3 is 1.39 bits per heavy atom. The number of hydrogen-bond donors (Lipinski definition) is 3. The van der Waals surface area contributed by atoms with Crippen LogP contribution in [0.2, 0.25) is 0 Å². The number of allylic oxidation sites excluding steroid dienone is 6. The molecular weight excluding hydrogens is 877 g/mol. The molecular formula is C57H100O12. The Hall–Kier alpha value is -3.06. The van der Waals surface area contributed by atoms with Crippen LogP contribution in [0.25, 0.3) is 0 Å². The number of aliphatic hydroxyl groups excluding tert-OH is 2. The van der Waals surface area contributed by atoms with Crippen LogP contribution in [-0.2, 0) is 42.9 Å². The largest absolute Gasteiger partial charge is 0.479 e. The normalized spacial score (nSPS) is 18.9. The first-order valence-corrected chi connectivity index (χ1v) is 28.0. The van der Waals surface area contributed by atoms with Crippen molar-refractivity contribution >= 4 is 23.9 Å². The second kappa shape index (κ2) is 46.0. The van der Waals surface area contributed by atoms with Gasteiger partial charge in [0.15, 0.2) is 24.6 Å². The number of carboxylic acid groups (broad SMARTS) is 1. The van der Waals surface area contributed by atoms with Crippen molar-refractivity contribution in [2.24, 2.45) is 0 Å². The number of carbonyl (C=O) groups is 4. The molecule has 0 aliphatic carbocycles. The second-order valence-electron chi connectivity index (χ2n) is 19.2. The van der Waals surface area contributed by atoms with Gasteiger partial charge < -0.3 is 39.0 Å². The van der Waals surface area contributed by atoms with Gasteiger partial charge in [-0.15, -0.1) is 0 Å². The second-order valence-corrected chi connectivity index (χ2v) is 19.2. The Balaban J connectivity index is 2.65. The molecule has 12 heteroatoms. The van der Waals surface area contributed by atoms with E-state index in [9.17, 15) is 34.5 Å². The van der Waals surface area contributed by atoms with Gasteiger partial charge in [-0.2, -0.15) is 0 Å². The van der Waals surface area contributed by atoms with Gasteiger partial charge in [0.1, 0.15) is 18.8 Å². The van der Waals surface area contributed by atoms with Gasteiger partial charge >= 0.3 is 23.9 Å². The van der Waals surface area contributed by atoms with Crippen LogP contribution in [0, 0.1) is 0 Å². The molecule has 400 valence electrons. The fourth-order valence-electron chi connectivity index (χ4n) is 8.32. The van der Waals surface area contributed by atoms with Gasteiger partial charge in [0.2, 0.25) is 0 Å². The number of aliphatic carboxylic acids is 1. The first-order valence-electron chi connectivity index (χ1n) is 28.0. The summed E-state index contributed by atoms with van der Waals surface area (Å²) in [4.78, 5) is 50.8. The molecule has 0 bridgehead atoms. The minimum Gasteiger partial charge on any atom is -0.479 e. The van der Waals surface area contributed by atoms with Crippen LogP contribution >= 0.6 is 0 Å². The Bertz CT molecular complexity index is 1350. The topological polar surface area (TPSA) is 175 Å². The van der Waals surface area contributed by atoms with Crippen molar-refractivity contribution in [1.29, 1.82) is 0 Å². The highest BCUT2D eigenvalue weighted by Gasteiger charge is 2.50. The van der Waals surface area contributed by atoms with E-state index < -0.39 is 67.3 Å². The highest BCUT2D eigenvalue weighted by Crippen LogP contribution is 2.26. The number of hydrogen-bond acceptors (Lipinski definition) is 11. The number of aliphatic hydroxyl groups is 2. The summed E-state index contributed by atoms with van der Waals surface area (Å²) in [5.41, 5.74) is 0. The van der Waals surface area contributed by atoms with Crippen LogP contribution in [0.15, 0.2) is 36.5 Å². The monoisotopic (exact) mass is 977 g/mol. The molecule has 12 nitrogen and oxygen atoms in total. The fraction of sp³-hybridized carbons (Fsp3) is 0.825.